The van der Waals surface area contributed by atoms with E-state index in [1.165, 1.54) is 12.1 Å². The second-order valence-corrected chi connectivity index (χ2v) is 8.69. The number of nitrogens with one attached hydrogen (secondary N) is 2. The molecule has 7 nitrogen and oxygen atoms in total. The molecular weight excluding hydrogens is 428 g/mol. The van der Waals surface area contributed by atoms with Crippen LogP contribution in [0.1, 0.15) is 29.3 Å². The number of hydrogen-bond donors (Lipinski definition) is 3. The summed E-state index contributed by atoms with van der Waals surface area (Å²) in [7, 11) is -3.87. The zero-order valence-electron chi connectivity index (χ0n) is 16.7. The van der Waals surface area contributed by atoms with Crippen LogP contribution in [0, 0.1) is 11.6 Å². The third kappa shape index (κ3) is 5.33. The summed E-state index contributed by atoms with van der Waals surface area (Å²) in [5.41, 5.74) is 0.0841. The first-order valence-electron chi connectivity index (χ1n) is 9.53. The SMILES string of the molecule is CCCS(=O)(=O)Nc1cc(F)cc(C(=O)c2ccc3ncc(NCCO)cc3c2)c1F. The lowest BCUT2D eigenvalue weighted by atomic mass is 10.00. The van der Waals surface area contributed by atoms with Gasteiger partial charge in [0.05, 0.1) is 41.0 Å². The van der Waals surface area contributed by atoms with Crippen LogP contribution in [-0.4, -0.2) is 43.2 Å². The molecule has 0 saturated carbocycles. The third-order valence-electron chi connectivity index (χ3n) is 4.40. The van der Waals surface area contributed by atoms with Gasteiger partial charge in [0.15, 0.2) is 11.6 Å². The van der Waals surface area contributed by atoms with E-state index in [1.807, 2.05) is 4.72 Å². The Bertz CT molecular complexity index is 1230. The minimum atomic E-state index is -3.87. The fourth-order valence-corrected chi connectivity index (χ4v) is 4.16. The minimum Gasteiger partial charge on any atom is -0.395 e. The number of fused-ring (bicyclic) bond motifs is 1. The lowest BCUT2D eigenvalue weighted by Crippen LogP contribution is -2.18. The van der Waals surface area contributed by atoms with Crippen LogP contribution in [0.4, 0.5) is 20.2 Å². The van der Waals surface area contributed by atoms with E-state index in [0.717, 1.165) is 6.07 Å². The first-order chi connectivity index (χ1) is 14.7. The molecule has 3 N–H and O–H groups in total. The van der Waals surface area contributed by atoms with Gasteiger partial charge >= 0.3 is 0 Å². The fraction of sp³-hybridized carbons (Fsp3) is 0.238. The number of benzene rings is 2. The van der Waals surface area contributed by atoms with Gasteiger partial charge in [-0.2, -0.15) is 0 Å². The van der Waals surface area contributed by atoms with Crippen molar-refractivity contribution in [2.45, 2.75) is 13.3 Å². The largest absolute Gasteiger partial charge is 0.395 e. The molecule has 2 aromatic carbocycles. The van der Waals surface area contributed by atoms with Crippen LogP contribution in [0.5, 0.6) is 0 Å². The van der Waals surface area contributed by atoms with Crippen LogP contribution in [-0.2, 0) is 10.0 Å². The molecule has 3 rings (SSSR count). The highest BCUT2D eigenvalue weighted by Crippen LogP contribution is 2.26. The van der Waals surface area contributed by atoms with Gasteiger partial charge in [0.25, 0.3) is 0 Å². The number of aliphatic hydroxyl groups excluding tert-OH is 1. The van der Waals surface area contributed by atoms with Gasteiger partial charge in [-0.05, 0) is 36.8 Å². The van der Waals surface area contributed by atoms with E-state index in [0.29, 0.717) is 35.6 Å². The van der Waals surface area contributed by atoms with Crippen molar-refractivity contribution in [1.29, 1.82) is 0 Å². The second-order valence-electron chi connectivity index (χ2n) is 6.85. The number of hydrogen-bond acceptors (Lipinski definition) is 6. The van der Waals surface area contributed by atoms with E-state index >= 15 is 0 Å². The Balaban J connectivity index is 1.99. The molecule has 0 unspecified atom stereocenters. The van der Waals surface area contributed by atoms with E-state index in [1.54, 1.807) is 25.3 Å². The number of halogens is 2. The van der Waals surface area contributed by atoms with Crippen molar-refractivity contribution in [1.82, 2.24) is 4.98 Å². The Morgan fingerprint density at radius 1 is 1.16 bits per heavy atom. The molecule has 0 amide bonds. The molecule has 0 bridgehead atoms. The van der Waals surface area contributed by atoms with Gasteiger partial charge in [-0.1, -0.05) is 6.92 Å². The maximum atomic E-state index is 14.9. The van der Waals surface area contributed by atoms with Gasteiger partial charge in [0, 0.05) is 23.6 Å². The minimum absolute atomic E-state index is 0.0697. The van der Waals surface area contributed by atoms with Crippen molar-refractivity contribution in [2.24, 2.45) is 0 Å². The normalized spacial score (nSPS) is 11.5. The molecule has 0 fully saturated rings. The molecule has 10 heteroatoms. The molecule has 0 radical (unpaired) electrons. The van der Waals surface area contributed by atoms with Crippen molar-refractivity contribution in [3.05, 3.63) is 65.4 Å². The predicted octanol–water partition coefficient (Wildman–Crippen LogP) is 3.30. The maximum absolute atomic E-state index is 14.9. The summed E-state index contributed by atoms with van der Waals surface area (Å²) in [5, 5.41) is 12.4. The first-order valence-corrected chi connectivity index (χ1v) is 11.2. The van der Waals surface area contributed by atoms with E-state index in [9.17, 15) is 22.0 Å². The molecule has 0 saturated heterocycles. The van der Waals surface area contributed by atoms with Crippen LogP contribution < -0.4 is 10.0 Å². The third-order valence-corrected chi connectivity index (χ3v) is 5.88. The van der Waals surface area contributed by atoms with Gasteiger partial charge in [-0.3, -0.25) is 14.5 Å². The van der Waals surface area contributed by atoms with E-state index in [2.05, 4.69) is 10.3 Å². The quantitative estimate of drug-likeness (QED) is 0.433. The Morgan fingerprint density at radius 2 is 1.94 bits per heavy atom. The Kier molecular flexibility index (Phi) is 6.81. The number of ketones is 1. The van der Waals surface area contributed by atoms with Crippen molar-refractivity contribution in [2.75, 3.05) is 28.9 Å². The second kappa shape index (κ2) is 9.36. The monoisotopic (exact) mass is 449 g/mol. The molecule has 1 aromatic heterocycles. The summed E-state index contributed by atoms with van der Waals surface area (Å²) in [4.78, 5) is 17.2. The smallest absolute Gasteiger partial charge is 0.232 e. The molecule has 0 atom stereocenters. The standard InChI is InChI=1S/C21H21F2N3O4S/c1-2-7-31(29,30)26-19-11-15(22)10-17(20(19)23)21(28)13-3-4-18-14(8-13)9-16(12-25-18)24-5-6-27/h3-4,8-12,24,26-27H,2,5-7H2,1H3. The first kappa shape index (κ1) is 22.6. The van der Waals surface area contributed by atoms with Crippen molar-refractivity contribution >= 4 is 38.1 Å². The lowest BCUT2D eigenvalue weighted by molar-refractivity contribution is 0.103. The number of rotatable bonds is 9. The number of sulfonamides is 1. The maximum Gasteiger partial charge on any atom is 0.232 e. The zero-order valence-corrected chi connectivity index (χ0v) is 17.5. The summed E-state index contributed by atoms with van der Waals surface area (Å²) >= 11 is 0. The van der Waals surface area contributed by atoms with Crippen molar-refractivity contribution in [3.8, 4) is 0 Å². The topological polar surface area (TPSA) is 108 Å². The molecule has 0 aliphatic carbocycles. The number of aromatic nitrogens is 1. The highest BCUT2D eigenvalue weighted by molar-refractivity contribution is 7.92. The van der Waals surface area contributed by atoms with Crippen molar-refractivity contribution in [3.63, 3.8) is 0 Å². The molecule has 3 aromatic rings. The highest BCUT2D eigenvalue weighted by atomic mass is 32.2. The van der Waals surface area contributed by atoms with Gasteiger partial charge in [-0.15, -0.1) is 0 Å². The fourth-order valence-electron chi connectivity index (χ4n) is 3.04. The van der Waals surface area contributed by atoms with E-state index < -0.39 is 38.7 Å². The predicted molar refractivity (Wildman–Crippen MR) is 115 cm³/mol. The molecule has 0 aliphatic rings. The highest BCUT2D eigenvalue weighted by Gasteiger charge is 2.22. The molecular formula is C21H21F2N3O4S. The number of carbonyl (C=O) groups is 1. The molecule has 0 aliphatic heterocycles. The summed E-state index contributed by atoms with van der Waals surface area (Å²) in [6.45, 7) is 1.88. The Morgan fingerprint density at radius 3 is 2.65 bits per heavy atom. The number of nitrogens with zero attached hydrogens (tertiary/aromatic N) is 1. The van der Waals surface area contributed by atoms with Gasteiger partial charge < -0.3 is 10.4 Å². The van der Waals surface area contributed by atoms with Gasteiger partial charge in [0.2, 0.25) is 10.0 Å². The summed E-state index contributed by atoms with van der Waals surface area (Å²) in [6.07, 6.45) is 1.86. The zero-order chi connectivity index (χ0) is 22.6. The summed E-state index contributed by atoms with van der Waals surface area (Å²) in [6, 6.07) is 7.63. The summed E-state index contributed by atoms with van der Waals surface area (Å²) < 4.78 is 54.9. The lowest BCUT2D eigenvalue weighted by Gasteiger charge is -2.12. The molecule has 0 spiro atoms. The van der Waals surface area contributed by atoms with Crippen LogP contribution in [0.2, 0.25) is 0 Å². The number of anilines is 2. The van der Waals surface area contributed by atoms with Crippen LogP contribution in [0.25, 0.3) is 10.9 Å². The molecule has 1 heterocycles. The van der Waals surface area contributed by atoms with Crippen LogP contribution in [0.15, 0.2) is 42.6 Å². The van der Waals surface area contributed by atoms with Crippen molar-refractivity contribution < 1.29 is 27.1 Å². The van der Waals surface area contributed by atoms with Crippen LogP contribution in [0.3, 0.4) is 0 Å². The van der Waals surface area contributed by atoms with Crippen LogP contribution >= 0.6 is 0 Å². The van der Waals surface area contributed by atoms with E-state index in [4.69, 9.17) is 5.11 Å². The molecule has 31 heavy (non-hydrogen) atoms. The Labute approximate surface area is 178 Å². The number of aliphatic hydroxyl groups is 1. The summed E-state index contributed by atoms with van der Waals surface area (Å²) in [5.74, 6) is -3.17. The van der Waals surface area contributed by atoms with Gasteiger partial charge in [-0.25, -0.2) is 17.2 Å². The average Bonchev–Trinajstić information content (AvgIpc) is 2.73. The van der Waals surface area contributed by atoms with E-state index in [-0.39, 0.29) is 17.9 Å². The average molecular weight is 449 g/mol. The Hall–Kier alpha value is -3.11. The molecule has 164 valence electrons. The van der Waals surface area contributed by atoms with Gasteiger partial charge in [0.1, 0.15) is 5.82 Å². The number of pyridine rings is 1. The number of carbonyl (C=O) groups excluding carboxylic acids is 1.